The molecule has 1 heterocycles. The number of hydrogen-bond acceptors (Lipinski definition) is 3. The molecule has 78 valence electrons. The van der Waals surface area contributed by atoms with Crippen molar-refractivity contribution >= 4 is 38.2 Å². The van der Waals surface area contributed by atoms with Crippen molar-refractivity contribution in [1.29, 1.82) is 0 Å². The third-order valence-corrected chi connectivity index (χ3v) is 2.90. The molecule has 1 aromatic carbocycles. The Morgan fingerprint density at radius 1 is 1.27 bits per heavy atom. The standard InChI is InChI=1S/C11H12BrN3/c1-15(2)11-9-5-7(13)3-4-8(9)10(12)6-14-11/h3-6H,13H2,1-2H3. The summed E-state index contributed by atoms with van der Waals surface area (Å²) in [6, 6.07) is 5.85. The molecule has 0 bridgehead atoms. The van der Waals surface area contributed by atoms with E-state index in [2.05, 4.69) is 20.9 Å². The SMILES string of the molecule is CN(C)c1ncc(Br)c2ccc(N)cc12. The molecule has 2 rings (SSSR count). The van der Waals surface area contributed by atoms with Crippen molar-refractivity contribution in [3.63, 3.8) is 0 Å². The number of fused-ring (bicyclic) bond motifs is 1. The van der Waals surface area contributed by atoms with Gasteiger partial charge in [0.15, 0.2) is 0 Å². The number of rotatable bonds is 1. The molecule has 15 heavy (non-hydrogen) atoms. The molecule has 2 aromatic rings. The van der Waals surface area contributed by atoms with Crippen LogP contribution in [0.2, 0.25) is 0 Å². The van der Waals surface area contributed by atoms with Gasteiger partial charge in [0.25, 0.3) is 0 Å². The highest BCUT2D eigenvalue weighted by molar-refractivity contribution is 9.10. The largest absolute Gasteiger partial charge is 0.399 e. The van der Waals surface area contributed by atoms with Crippen molar-refractivity contribution in [2.45, 2.75) is 0 Å². The van der Waals surface area contributed by atoms with Gasteiger partial charge in [0.05, 0.1) is 0 Å². The number of nitrogens with two attached hydrogens (primary N) is 1. The molecule has 0 spiro atoms. The molecule has 0 amide bonds. The molecule has 0 saturated carbocycles. The van der Waals surface area contributed by atoms with E-state index >= 15 is 0 Å². The van der Waals surface area contributed by atoms with Gasteiger partial charge in [0.2, 0.25) is 0 Å². The summed E-state index contributed by atoms with van der Waals surface area (Å²) in [4.78, 5) is 6.35. The van der Waals surface area contributed by atoms with E-state index in [0.29, 0.717) is 0 Å². The van der Waals surface area contributed by atoms with E-state index in [1.54, 1.807) is 0 Å². The van der Waals surface area contributed by atoms with Gasteiger partial charge in [-0.05, 0) is 28.1 Å². The van der Waals surface area contributed by atoms with E-state index in [-0.39, 0.29) is 0 Å². The van der Waals surface area contributed by atoms with Crippen LogP contribution in [0.3, 0.4) is 0 Å². The van der Waals surface area contributed by atoms with Gasteiger partial charge in [-0.25, -0.2) is 4.98 Å². The number of hydrogen-bond donors (Lipinski definition) is 1. The molecule has 0 aliphatic rings. The van der Waals surface area contributed by atoms with E-state index in [4.69, 9.17) is 5.73 Å². The highest BCUT2D eigenvalue weighted by Crippen LogP contribution is 2.30. The lowest BCUT2D eigenvalue weighted by atomic mass is 10.1. The average molecular weight is 266 g/mol. The number of benzene rings is 1. The Bertz CT molecular complexity index is 508. The van der Waals surface area contributed by atoms with Gasteiger partial charge in [-0.15, -0.1) is 0 Å². The maximum Gasteiger partial charge on any atom is 0.136 e. The number of pyridine rings is 1. The Hall–Kier alpha value is -1.29. The number of nitrogens with zero attached hydrogens (tertiary/aromatic N) is 2. The van der Waals surface area contributed by atoms with Gasteiger partial charge in [-0.2, -0.15) is 0 Å². The second-order valence-corrected chi connectivity index (χ2v) is 4.48. The summed E-state index contributed by atoms with van der Waals surface area (Å²) in [5, 5.41) is 2.19. The van der Waals surface area contributed by atoms with Crippen LogP contribution in [0, 0.1) is 0 Å². The molecule has 3 nitrogen and oxygen atoms in total. The van der Waals surface area contributed by atoms with E-state index < -0.39 is 0 Å². The van der Waals surface area contributed by atoms with Gasteiger partial charge < -0.3 is 10.6 Å². The quantitative estimate of drug-likeness (QED) is 0.807. The molecule has 0 saturated heterocycles. The van der Waals surface area contributed by atoms with Crippen LogP contribution in [0.5, 0.6) is 0 Å². The molecule has 0 fully saturated rings. The summed E-state index contributed by atoms with van der Waals surface area (Å²) in [5.74, 6) is 0.931. The van der Waals surface area contributed by atoms with E-state index in [0.717, 1.165) is 26.8 Å². The van der Waals surface area contributed by atoms with Crippen LogP contribution in [0.25, 0.3) is 10.8 Å². The first-order valence-corrected chi connectivity index (χ1v) is 5.40. The third-order valence-electron chi connectivity index (χ3n) is 2.27. The summed E-state index contributed by atoms with van der Waals surface area (Å²) in [6.45, 7) is 0. The minimum Gasteiger partial charge on any atom is -0.399 e. The van der Waals surface area contributed by atoms with Crippen LogP contribution in [-0.4, -0.2) is 19.1 Å². The zero-order valence-electron chi connectivity index (χ0n) is 8.66. The van der Waals surface area contributed by atoms with E-state index in [1.807, 2.05) is 43.4 Å². The lowest BCUT2D eigenvalue weighted by molar-refractivity contribution is 1.08. The normalized spacial score (nSPS) is 10.6. The highest BCUT2D eigenvalue weighted by Gasteiger charge is 2.07. The predicted octanol–water partition coefficient (Wildman–Crippen LogP) is 2.65. The lowest BCUT2D eigenvalue weighted by Gasteiger charge is -2.14. The number of nitrogen functional groups attached to an aromatic ring is 1. The minimum atomic E-state index is 0.755. The summed E-state index contributed by atoms with van der Waals surface area (Å²) in [7, 11) is 3.94. The Labute approximate surface area is 97.0 Å². The summed E-state index contributed by atoms with van der Waals surface area (Å²) < 4.78 is 0.989. The Balaban J connectivity index is 2.84. The van der Waals surface area contributed by atoms with Crippen molar-refractivity contribution in [3.8, 4) is 0 Å². The van der Waals surface area contributed by atoms with Gasteiger partial charge in [-0.1, -0.05) is 6.07 Å². The van der Waals surface area contributed by atoms with Crippen molar-refractivity contribution in [3.05, 3.63) is 28.9 Å². The molecular weight excluding hydrogens is 254 g/mol. The van der Waals surface area contributed by atoms with Crippen molar-refractivity contribution in [2.75, 3.05) is 24.7 Å². The Morgan fingerprint density at radius 2 is 2.00 bits per heavy atom. The zero-order chi connectivity index (χ0) is 11.0. The number of halogens is 1. The number of anilines is 2. The smallest absolute Gasteiger partial charge is 0.136 e. The van der Waals surface area contributed by atoms with Crippen LogP contribution >= 0.6 is 15.9 Å². The third kappa shape index (κ3) is 1.77. The van der Waals surface area contributed by atoms with Gasteiger partial charge in [-0.3, -0.25) is 0 Å². The minimum absolute atomic E-state index is 0.755. The van der Waals surface area contributed by atoms with Crippen molar-refractivity contribution < 1.29 is 0 Å². The Kier molecular flexibility index (Phi) is 2.52. The van der Waals surface area contributed by atoms with Gasteiger partial charge in [0.1, 0.15) is 5.82 Å². The summed E-state index contributed by atoms with van der Waals surface area (Å²) >= 11 is 3.48. The number of aromatic nitrogens is 1. The summed E-state index contributed by atoms with van der Waals surface area (Å²) in [6.07, 6.45) is 1.81. The van der Waals surface area contributed by atoms with Crippen LogP contribution in [0.1, 0.15) is 0 Å². The molecule has 2 N–H and O–H groups in total. The van der Waals surface area contributed by atoms with Crippen LogP contribution < -0.4 is 10.6 Å². The average Bonchev–Trinajstić information content (AvgIpc) is 2.17. The maximum absolute atomic E-state index is 5.78. The Morgan fingerprint density at radius 3 is 2.67 bits per heavy atom. The fraction of sp³-hybridized carbons (Fsp3) is 0.182. The second kappa shape index (κ2) is 3.70. The van der Waals surface area contributed by atoms with Crippen LogP contribution in [0.4, 0.5) is 11.5 Å². The first-order chi connectivity index (χ1) is 7.09. The van der Waals surface area contributed by atoms with Gasteiger partial charge in [0, 0.05) is 41.2 Å². The molecule has 0 unspecified atom stereocenters. The molecule has 0 atom stereocenters. The van der Waals surface area contributed by atoms with Crippen molar-refractivity contribution in [2.24, 2.45) is 0 Å². The van der Waals surface area contributed by atoms with Crippen LogP contribution in [-0.2, 0) is 0 Å². The van der Waals surface area contributed by atoms with Gasteiger partial charge >= 0.3 is 0 Å². The van der Waals surface area contributed by atoms with Crippen LogP contribution in [0.15, 0.2) is 28.9 Å². The fourth-order valence-corrected chi connectivity index (χ4v) is 2.02. The molecule has 4 heteroatoms. The molecule has 0 aliphatic heterocycles. The van der Waals surface area contributed by atoms with Crippen molar-refractivity contribution in [1.82, 2.24) is 4.98 Å². The highest BCUT2D eigenvalue weighted by atomic mass is 79.9. The zero-order valence-corrected chi connectivity index (χ0v) is 10.2. The lowest BCUT2D eigenvalue weighted by Crippen LogP contribution is -2.11. The van der Waals surface area contributed by atoms with E-state index in [9.17, 15) is 0 Å². The first-order valence-electron chi connectivity index (χ1n) is 4.60. The molecule has 0 aliphatic carbocycles. The predicted molar refractivity (Wildman–Crippen MR) is 68.2 cm³/mol. The monoisotopic (exact) mass is 265 g/mol. The molecular formula is C11H12BrN3. The maximum atomic E-state index is 5.78. The van der Waals surface area contributed by atoms with E-state index in [1.165, 1.54) is 0 Å². The topological polar surface area (TPSA) is 42.2 Å². The molecule has 1 aromatic heterocycles. The fourth-order valence-electron chi connectivity index (χ4n) is 1.57. The second-order valence-electron chi connectivity index (χ2n) is 3.63. The molecule has 0 radical (unpaired) electrons. The first kappa shape index (κ1) is 10.2. The summed E-state index contributed by atoms with van der Waals surface area (Å²) in [5.41, 5.74) is 6.54.